The van der Waals surface area contributed by atoms with Crippen molar-refractivity contribution in [2.24, 2.45) is 0 Å². The number of ketones is 1. The number of aryl methyl sites for hydroxylation is 1. The molecule has 0 aliphatic carbocycles. The molecular weight excluding hydrogens is 350 g/mol. The van der Waals surface area contributed by atoms with E-state index in [4.69, 9.17) is 16.3 Å². The average Bonchev–Trinajstić information content (AvgIpc) is 3.13. The summed E-state index contributed by atoms with van der Waals surface area (Å²) in [4.78, 5) is 25.6. The molecule has 2 aromatic rings. The summed E-state index contributed by atoms with van der Waals surface area (Å²) in [5, 5.41) is 0.431. The monoisotopic (exact) mass is 371 g/mol. The van der Waals surface area contributed by atoms with Gasteiger partial charge in [-0.2, -0.15) is 0 Å². The molecule has 0 saturated carbocycles. The number of aromatic nitrogens is 1. The van der Waals surface area contributed by atoms with Gasteiger partial charge in [-0.15, -0.1) is 0 Å². The lowest BCUT2D eigenvalue weighted by molar-refractivity contribution is -0.140. The average molecular weight is 372 g/mol. The van der Waals surface area contributed by atoms with Gasteiger partial charge < -0.3 is 9.30 Å². The van der Waals surface area contributed by atoms with Crippen LogP contribution in [0.4, 0.5) is 0 Å². The van der Waals surface area contributed by atoms with Gasteiger partial charge in [-0.3, -0.25) is 4.79 Å². The van der Waals surface area contributed by atoms with Crippen molar-refractivity contribution in [1.29, 1.82) is 0 Å². The second-order valence-electron chi connectivity index (χ2n) is 6.64. The molecule has 0 spiro atoms. The predicted octanol–water partition coefficient (Wildman–Crippen LogP) is 4.67. The van der Waals surface area contributed by atoms with Crippen LogP contribution in [-0.4, -0.2) is 22.4 Å². The largest absolute Gasteiger partial charge is 0.459 e. The molecule has 5 heteroatoms. The normalized spacial score (nSPS) is 12.9. The van der Waals surface area contributed by atoms with Gasteiger partial charge in [-0.05, 0) is 50.1 Å². The van der Waals surface area contributed by atoms with Crippen molar-refractivity contribution in [2.45, 2.75) is 46.3 Å². The Hall–Kier alpha value is -2.33. The van der Waals surface area contributed by atoms with Crippen LogP contribution in [0.2, 0.25) is 5.02 Å². The first-order chi connectivity index (χ1) is 12.4. The Bertz CT molecular complexity index is 893. The third kappa shape index (κ3) is 3.34. The molecule has 1 aromatic heterocycles. The number of carbonyl (C=O) groups excluding carboxylic acids is 2. The van der Waals surface area contributed by atoms with Gasteiger partial charge in [-0.1, -0.05) is 37.1 Å². The topological polar surface area (TPSA) is 48.3 Å². The van der Waals surface area contributed by atoms with Crippen LogP contribution >= 0.6 is 11.6 Å². The molecular formula is C21H22ClNO3. The minimum Gasteiger partial charge on any atom is -0.459 e. The summed E-state index contributed by atoms with van der Waals surface area (Å²) in [5.74, 6) is -0.465. The van der Waals surface area contributed by atoms with Crippen molar-refractivity contribution in [2.75, 3.05) is 0 Å². The number of nitrogens with zero attached hydrogens (tertiary/aromatic N) is 1. The first-order valence-corrected chi connectivity index (χ1v) is 9.25. The minimum absolute atomic E-state index is 0.114. The van der Waals surface area contributed by atoms with E-state index in [0.29, 0.717) is 28.4 Å². The first-order valence-electron chi connectivity index (χ1n) is 8.87. The first kappa shape index (κ1) is 18.5. The molecule has 0 bridgehead atoms. The van der Waals surface area contributed by atoms with Gasteiger partial charge >= 0.3 is 5.97 Å². The minimum atomic E-state index is -0.351. The van der Waals surface area contributed by atoms with E-state index >= 15 is 0 Å². The second-order valence-corrected chi connectivity index (χ2v) is 7.05. The molecule has 1 aliphatic heterocycles. The second kappa shape index (κ2) is 7.50. The standard InChI is InChI=1S/C21H22ClNO3/c1-4-7-14-12-18-16(21(25)26-13(2)3)10-11-23(18)19(14)20(24)15-8-5-6-9-17(15)22/h5-6,8-10,12-13H,4,7,11H2,1-3H3. The lowest BCUT2D eigenvalue weighted by atomic mass is 10.0. The Morgan fingerprint density at radius 2 is 2.00 bits per heavy atom. The van der Waals surface area contributed by atoms with Crippen molar-refractivity contribution < 1.29 is 14.3 Å². The van der Waals surface area contributed by atoms with Crippen molar-refractivity contribution >= 4 is 28.9 Å². The van der Waals surface area contributed by atoms with Gasteiger partial charge in [0.1, 0.15) is 0 Å². The number of allylic oxidation sites excluding steroid dienone is 1. The molecule has 0 unspecified atom stereocenters. The number of fused-ring (bicyclic) bond motifs is 1. The highest BCUT2D eigenvalue weighted by Gasteiger charge is 2.30. The van der Waals surface area contributed by atoms with E-state index in [1.165, 1.54) is 0 Å². The zero-order valence-electron chi connectivity index (χ0n) is 15.2. The predicted molar refractivity (Wildman–Crippen MR) is 103 cm³/mol. The summed E-state index contributed by atoms with van der Waals surface area (Å²) in [6.45, 7) is 6.19. The summed E-state index contributed by atoms with van der Waals surface area (Å²) < 4.78 is 7.23. The zero-order chi connectivity index (χ0) is 18.8. The fourth-order valence-corrected chi connectivity index (χ4v) is 3.49. The van der Waals surface area contributed by atoms with Gasteiger partial charge in [0, 0.05) is 12.1 Å². The lowest BCUT2D eigenvalue weighted by Gasteiger charge is -2.10. The molecule has 0 amide bonds. The summed E-state index contributed by atoms with van der Waals surface area (Å²) >= 11 is 6.24. The molecule has 0 N–H and O–H groups in total. The Balaban J connectivity index is 2.04. The van der Waals surface area contributed by atoms with Gasteiger partial charge in [0.05, 0.1) is 28.1 Å². The van der Waals surface area contributed by atoms with E-state index in [9.17, 15) is 9.59 Å². The fourth-order valence-electron chi connectivity index (χ4n) is 3.27. The molecule has 0 fully saturated rings. The number of carbonyl (C=O) groups is 2. The van der Waals surface area contributed by atoms with Gasteiger partial charge in [-0.25, -0.2) is 4.79 Å². The van der Waals surface area contributed by atoms with Crippen LogP contribution in [0.25, 0.3) is 5.57 Å². The number of hydrogen-bond donors (Lipinski definition) is 0. The van der Waals surface area contributed by atoms with Crippen LogP contribution in [0.3, 0.4) is 0 Å². The van der Waals surface area contributed by atoms with Crippen LogP contribution < -0.4 is 0 Å². The van der Waals surface area contributed by atoms with Gasteiger partial charge in [0.25, 0.3) is 0 Å². The van der Waals surface area contributed by atoms with Gasteiger partial charge in [0.2, 0.25) is 5.78 Å². The number of halogens is 1. The quantitative estimate of drug-likeness (QED) is 0.547. The molecule has 0 saturated heterocycles. The van der Waals surface area contributed by atoms with E-state index in [0.717, 1.165) is 24.1 Å². The molecule has 0 radical (unpaired) electrons. The van der Waals surface area contributed by atoms with Crippen LogP contribution in [0, 0.1) is 0 Å². The number of benzene rings is 1. The van der Waals surface area contributed by atoms with E-state index in [1.54, 1.807) is 24.3 Å². The van der Waals surface area contributed by atoms with Crippen molar-refractivity contribution in [1.82, 2.24) is 4.57 Å². The van der Waals surface area contributed by atoms with E-state index < -0.39 is 0 Å². The zero-order valence-corrected chi connectivity index (χ0v) is 16.0. The molecule has 2 heterocycles. The van der Waals surface area contributed by atoms with Crippen molar-refractivity contribution in [3.63, 3.8) is 0 Å². The van der Waals surface area contributed by atoms with Crippen LogP contribution in [0.15, 0.2) is 36.4 Å². The highest BCUT2D eigenvalue weighted by atomic mass is 35.5. The molecule has 1 aromatic carbocycles. The van der Waals surface area contributed by atoms with Crippen molar-refractivity contribution in [3.05, 3.63) is 63.9 Å². The Morgan fingerprint density at radius 1 is 1.27 bits per heavy atom. The molecule has 3 rings (SSSR count). The summed E-state index contributed by atoms with van der Waals surface area (Å²) in [6.07, 6.45) is 3.30. The van der Waals surface area contributed by atoms with Crippen LogP contribution in [0.5, 0.6) is 0 Å². The SMILES string of the molecule is CCCc1cc2n(c1C(=O)c1ccccc1Cl)CC=C2C(=O)OC(C)C. The summed E-state index contributed by atoms with van der Waals surface area (Å²) in [6, 6.07) is 8.99. The number of rotatable bonds is 6. The molecule has 4 nitrogen and oxygen atoms in total. The molecule has 1 aliphatic rings. The van der Waals surface area contributed by atoms with Crippen molar-refractivity contribution in [3.8, 4) is 0 Å². The van der Waals surface area contributed by atoms with E-state index in [1.807, 2.05) is 30.6 Å². The van der Waals surface area contributed by atoms with E-state index in [-0.39, 0.29) is 17.9 Å². The highest BCUT2D eigenvalue weighted by molar-refractivity contribution is 6.35. The maximum absolute atomic E-state index is 13.2. The highest BCUT2D eigenvalue weighted by Crippen LogP contribution is 2.32. The Morgan fingerprint density at radius 3 is 2.65 bits per heavy atom. The Labute approximate surface area is 158 Å². The fraction of sp³-hybridized carbons (Fsp3) is 0.333. The number of esters is 1. The molecule has 26 heavy (non-hydrogen) atoms. The molecule has 136 valence electrons. The van der Waals surface area contributed by atoms with Crippen LogP contribution in [-0.2, 0) is 22.5 Å². The smallest absolute Gasteiger partial charge is 0.340 e. The maximum Gasteiger partial charge on any atom is 0.340 e. The molecule has 0 atom stereocenters. The summed E-state index contributed by atoms with van der Waals surface area (Å²) in [5.41, 5.74) is 3.29. The number of hydrogen-bond acceptors (Lipinski definition) is 3. The van der Waals surface area contributed by atoms with Crippen LogP contribution in [0.1, 0.15) is 54.5 Å². The third-order valence-electron chi connectivity index (χ3n) is 4.35. The maximum atomic E-state index is 13.2. The summed E-state index contributed by atoms with van der Waals surface area (Å²) in [7, 11) is 0. The third-order valence-corrected chi connectivity index (χ3v) is 4.67. The lowest BCUT2D eigenvalue weighted by Crippen LogP contribution is -2.14. The van der Waals surface area contributed by atoms with Gasteiger partial charge in [0.15, 0.2) is 0 Å². The van der Waals surface area contributed by atoms with E-state index in [2.05, 4.69) is 6.92 Å². The number of ether oxygens (including phenoxy) is 1. The Kier molecular flexibility index (Phi) is 5.33.